The van der Waals surface area contributed by atoms with Gasteiger partial charge < -0.3 is 20.3 Å². The molecule has 55 heavy (non-hydrogen) atoms. The van der Waals surface area contributed by atoms with Crippen molar-refractivity contribution >= 4 is 11.9 Å². The Hall–Kier alpha value is -2.44. The first-order valence-electron chi connectivity index (χ1n) is 23.0. The van der Waals surface area contributed by atoms with Crippen molar-refractivity contribution < 1.29 is 24.5 Å². The standard InChI is InChI=1S/C49H87NO5/c1-4-7-10-13-16-19-21-22-23-24-25-27-30-33-36-39-42-49(54)55-45(40-37-34-31-28-18-15-12-9-6-3)43-48(53)50-46(44-51)47(52)41-38-35-32-29-26-20-17-14-11-8-5-2/h7,10,15-16,18-19,22-23,25,27,45-47,51-52H,4-6,8-9,11-14,17,20-21,24,26,28-44H2,1-3H3,(H,50,53)/b10-7+,18-15-,19-16+,23-22+,27-25+. The first-order chi connectivity index (χ1) is 27.0. The van der Waals surface area contributed by atoms with Crippen LogP contribution in [0, 0.1) is 0 Å². The number of nitrogens with one attached hydrogen (secondary N) is 1. The lowest BCUT2D eigenvalue weighted by atomic mass is 10.0. The Kier molecular flexibility index (Phi) is 40.8. The average Bonchev–Trinajstić information content (AvgIpc) is 3.18. The van der Waals surface area contributed by atoms with Crippen molar-refractivity contribution in [2.75, 3.05) is 6.61 Å². The SMILES string of the molecule is CC/C=C/C/C=C/C/C=C/C/C=C/CCCCCC(=O)OC(CCCCC/C=C\CCCC)CC(=O)NC(CO)C(O)CCCCCCCCCCCCC. The Morgan fingerprint density at radius 2 is 1.00 bits per heavy atom. The molecular weight excluding hydrogens is 683 g/mol. The molecule has 6 nitrogen and oxygen atoms in total. The zero-order valence-corrected chi connectivity index (χ0v) is 36.0. The van der Waals surface area contributed by atoms with E-state index in [0.717, 1.165) is 103 Å². The number of unbranched alkanes of at least 4 members (excludes halogenated alkanes) is 18. The smallest absolute Gasteiger partial charge is 0.306 e. The van der Waals surface area contributed by atoms with Gasteiger partial charge in [0.1, 0.15) is 6.10 Å². The summed E-state index contributed by atoms with van der Waals surface area (Å²) >= 11 is 0. The van der Waals surface area contributed by atoms with E-state index in [0.29, 0.717) is 19.3 Å². The summed E-state index contributed by atoms with van der Waals surface area (Å²) in [6.07, 6.45) is 51.4. The fourth-order valence-electron chi connectivity index (χ4n) is 6.58. The van der Waals surface area contributed by atoms with Gasteiger partial charge in [-0.1, -0.05) is 178 Å². The minimum atomic E-state index is -0.796. The third-order valence-corrected chi connectivity index (χ3v) is 10.1. The summed E-state index contributed by atoms with van der Waals surface area (Å²) in [5, 5.41) is 23.6. The molecule has 0 saturated heterocycles. The van der Waals surface area contributed by atoms with Crippen LogP contribution in [0.5, 0.6) is 0 Å². The maximum atomic E-state index is 13.1. The Balaban J connectivity index is 4.59. The molecule has 1 amide bonds. The van der Waals surface area contributed by atoms with Crippen LogP contribution in [0.25, 0.3) is 0 Å². The molecule has 0 heterocycles. The number of aliphatic hydroxyl groups excluding tert-OH is 2. The number of carbonyl (C=O) groups is 2. The number of allylic oxidation sites excluding steroid dienone is 10. The van der Waals surface area contributed by atoms with Crippen molar-refractivity contribution in [1.29, 1.82) is 0 Å². The van der Waals surface area contributed by atoms with Crippen molar-refractivity contribution in [3.05, 3.63) is 60.8 Å². The Bertz CT molecular complexity index is 999. The van der Waals surface area contributed by atoms with E-state index in [1.165, 1.54) is 64.2 Å². The van der Waals surface area contributed by atoms with Crippen molar-refractivity contribution in [3.8, 4) is 0 Å². The predicted octanol–water partition coefficient (Wildman–Crippen LogP) is 13.3. The van der Waals surface area contributed by atoms with Crippen LogP contribution >= 0.6 is 0 Å². The summed E-state index contributed by atoms with van der Waals surface area (Å²) in [6, 6.07) is -0.711. The summed E-state index contributed by atoms with van der Waals surface area (Å²) in [5.74, 6) is -0.533. The van der Waals surface area contributed by atoms with E-state index in [9.17, 15) is 19.8 Å². The minimum Gasteiger partial charge on any atom is -0.462 e. The van der Waals surface area contributed by atoms with Gasteiger partial charge in [0.25, 0.3) is 0 Å². The van der Waals surface area contributed by atoms with Gasteiger partial charge in [0, 0.05) is 6.42 Å². The van der Waals surface area contributed by atoms with Crippen molar-refractivity contribution in [2.24, 2.45) is 0 Å². The molecule has 0 fully saturated rings. The zero-order chi connectivity index (χ0) is 40.3. The van der Waals surface area contributed by atoms with E-state index >= 15 is 0 Å². The quantitative estimate of drug-likeness (QED) is 0.0328. The van der Waals surface area contributed by atoms with E-state index < -0.39 is 18.2 Å². The topological polar surface area (TPSA) is 95.9 Å². The van der Waals surface area contributed by atoms with Crippen molar-refractivity contribution in [1.82, 2.24) is 5.32 Å². The molecule has 0 bridgehead atoms. The largest absolute Gasteiger partial charge is 0.462 e. The van der Waals surface area contributed by atoms with Gasteiger partial charge in [-0.3, -0.25) is 9.59 Å². The highest BCUT2D eigenvalue weighted by molar-refractivity contribution is 5.77. The lowest BCUT2D eigenvalue weighted by Gasteiger charge is -2.24. The van der Waals surface area contributed by atoms with Crippen LogP contribution in [0.3, 0.4) is 0 Å². The van der Waals surface area contributed by atoms with Gasteiger partial charge >= 0.3 is 5.97 Å². The van der Waals surface area contributed by atoms with Crippen LogP contribution in [0.4, 0.5) is 0 Å². The number of hydrogen-bond acceptors (Lipinski definition) is 5. The second-order valence-electron chi connectivity index (χ2n) is 15.4. The summed E-state index contributed by atoms with van der Waals surface area (Å²) < 4.78 is 5.87. The highest BCUT2D eigenvalue weighted by Crippen LogP contribution is 2.17. The van der Waals surface area contributed by atoms with Crippen LogP contribution in [-0.2, 0) is 14.3 Å². The average molecular weight is 770 g/mol. The number of aliphatic hydroxyl groups is 2. The predicted molar refractivity (Wildman–Crippen MR) is 236 cm³/mol. The molecule has 3 unspecified atom stereocenters. The molecule has 3 atom stereocenters. The van der Waals surface area contributed by atoms with E-state index in [2.05, 4.69) is 86.8 Å². The second kappa shape index (κ2) is 42.7. The molecule has 0 aromatic carbocycles. The number of hydrogen-bond donors (Lipinski definition) is 3. The lowest BCUT2D eigenvalue weighted by molar-refractivity contribution is -0.151. The maximum absolute atomic E-state index is 13.1. The molecule has 318 valence electrons. The zero-order valence-electron chi connectivity index (χ0n) is 36.0. The maximum Gasteiger partial charge on any atom is 0.306 e. The molecule has 3 N–H and O–H groups in total. The number of amides is 1. The van der Waals surface area contributed by atoms with Gasteiger partial charge in [-0.05, 0) is 83.5 Å². The molecule has 0 aliphatic rings. The minimum absolute atomic E-state index is 0.0517. The van der Waals surface area contributed by atoms with E-state index in [4.69, 9.17) is 4.74 Å². The summed E-state index contributed by atoms with van der Waals surface area (Å²) in [4.78, 5) is 25.9. The van der Waals surface area contributed by atoms with Gasteiger partial charge in [-0.2, -0.15) is 0 Å². The molecular formula is C49H87NO5. The Labute approximate surface area is 339 Å². The molecule has 0 aromatic heterocycles. The van der Waals surface area contributed by atoms with Gasteiger partial charge in [0.15, 0.2) is 0 Å². The molecule has 0 aliphatic heterocycles. The monoisotopic (exact) mass is 770 g/mol. The van der Waals surface area contributed by atoms with Crippen molar-refractivity contribution in [2.45, 2.75) is 232 Å². The number of carbonyl (C=O) groups excluding carboxylic acids is 2. The Morgan fingerprint density at radius 3 is 1.56 bits per heavy atom. The first kappa shape index (κ1) is 52.6. The van der Waals surface area contributed by atoms with E-state index in [-0.39, 0.29) is 24.9 Å². The van der Waals surface area contributed by atoms with Crippen LogP contribution in [0.1, 0.15) is 213 Å². The molecule has 0 aliphatic carbocycles. The van der Waals surface area contributed by atoms with Gasteiger partial charge in [0.2, 0.25) is 5.91 Å². The molecule has 0 saturated carbocycles. The highest BCUT2D eigenvalue weighted by atomic mass is 16.5. The molecule has 0 radical (unpaired) electrons. The summed E-state index contributed by atoms with van der Waals surface area (Å²) in [6.45, 7) is 6.29. The summed E-state index contributed by atoms with van der Waals surface area (Å²) in [7, 11) is 0. The van der Waals surface area contributed by atoms with E-state index in [1.807, 2.05) is 0 Å². The fraction of sp³-hybridized carbons (Fsp3) is 0.755. The number of esters is 1. The third kappa shape index (κ3) is 38.2. The van der Waals surface area contributed by atoms with Gasteiger partial charge in [-0.25, -0.2) is 0 Å². The lowest BCUT2D eigenvalue weighted by Crippen LogP contribution is -2.46. The number of rotatable bonds is 40. The first-order valence-corrected chi connectivity index (χ1v) is 23.0. The second-order valence-corrected chi connectivity index (χ2v) is 15.4. The molecule has 0 rings (SSSR count). The Morgan fingerprint density at radius 1 is 0.545 bits per heavy atom. The highest BCUT2D eigenvalue weighted by Gasteiger charge is 2.24. The van der Waals surface area contributed by atoms with Crippen LogP contribution in [0.15, 0.2) is 60.8 Å². The van der Waals surface area contributed by atoms with Gasteiger partial charge in [0.05, 0.1) is 25.2 Å². The molecule has 0 spiro atoms. The van der Waals surface area contributed by atoms with Crippen LogP contribution < -0.4 is 5.32 Å². The van der Waals surface area contributed by atoms with E-state index in [1.54, 1.807) is 0 Å². The van der Waals surface area contributed by atoms with Crippen molar-refractivity contribution in [3.63, 3.8) is 0 Å². The number of ether oxygens (including phenoxy) is 1. The summed E-state index contributed by atoms with van der Waals surface area (Å²) in [5.41, 5.74) is 0. The normalized spacial score (nSPS) is 13.9. The molecule has 0 aromatic rings. The third-order valence-electron chi connectivity index (χ3n) is 10.1. The van der Waals surface area contributed by atoms with Crippen LogP contribution in [0.2, 0.25) is 0 Å². The molecule has 6 heteroatoms. The van der Waals surface area contributed by atoms with Gasteiger partial charge in [-0.15, -0.1) is 0 Å². The van der Waals surface area contributed by atoms with Crippen LogP contribution in [-0.4, -0.2) is 46.9 Å². The fourth-order valence-corrected chi connectivity index (χ4v) is 6.58.